The number of nitrogens with one attached hydrogen (secondary N) is 1. The van der Waals surface area contributed by atoms with Crippen LogP contribution in [0, 0.1) is 5.41 Å². The lowest BCUT2D eigenvalue weighted by molar-refractivity contribution is 0.203. The third kappa shape index (κ3) is 2.79. The second-order valence-electron chi connectivity index (χ2n) is 5.06. The van der Waals surface area contributed by atoms with Gasteiger partial charge in [-0.1, -0.05) is 25.1 Å². The Morgan fingerprint density at radius 3 is 2.59 bits per heavy atom. The van der Waals surface area contributed by atoms with Crippen molar-refractivity contribution in [3.05, 3.63) is 29.8 Å². The fraction of sp³-hybridized carbons (Fsp3) is 0.571. The summed E-state index contributed by atoms with van der Waals surface area (Å²) in [6, 6.07) is 7.62. The SMILES string of the molecule is CCC(NCC1(CO)CC1)c1ccccc1O. The second kappa shape index (κ2) is 5.07. The van der Waals surface area contributed by atoms with Gasteiger partial charge in [-0.25, -0.2) is 0 Å². The van der Waals surface area contributed by atoms with Gasteiger partial charge in [0.2, 0.25) is 0 Å². The Balaban J connectivity index is 1.99. The summed E-state index contributed by atoms with van der Waals surface area (Å²) in [6.07, 6.45) is 3.14. The molecule has 0 aliphatic heterocycles. The molecule has 2 rings (SSSR count). The average molecular weight is 235 g/mol. The zero-order chi connectivity index (χ0) is 12.3. The molecule has 0 heterocycles. The van der Waals surface area contributed by atoms with Crippen LogP contribution in [-0.2, 0) is 0 Å². The number of aromatic hydroxyl groups is 1. The molecule has 1 aromatic rings. The van der Waals surface area contributed by atoms with Crippen LogP contribution in [0.2, 0.25) is 0 Å². The number of rotatable bonds is 6. The van der Waals surface area contributed by atoms with Crippen molar-refractivity contribution < 1.29 is 10.2 Å². The zero-order valence-electron chi connectivity index (χ0n) is 10.3. The van der Waals surface area contributed by atoms with E-state index in [9.17, 15) is 10.2 Å². The molecule has 1 aliphatic carbocycles. The van der Waals surface area contributed by atoms with Crippen LogP contribution in [0.25, 0.3) is 0 Å². The average Bonchev–Trinajstić information content (AvgIpc) is 3.13. The first-order valence-electron chi connectivity index (χ1n) is 6.33. The minimum absolute atomic E-state index is 0.109. The minimum Gasteiger partial charge on any atom is -0.508 e. The first-order chi connectivity index (χ1) is 8.21. The highest BCUT2D eigenvalue weighted by atomic mass is 16.3. The second-order valence-corrected chi connectivity index (χ2v) is 5.06. The van der Waals surface area contributed by atoms with Crippen LogP contribution < -0.4 is 5.32 Å². The molecule has 1 saturated carbocycles. The van der Waals surface area contributed by atoms with Crippen molar-refractivity contribution in [3.63, 3.8) is 0 Å². The molecule has 1 aliphatic rings. The van der Waals surface area contributed by atoms with Crippen LogP contribution in [0.3, 0.4) is 0 Å². The van der Waals surface area contributed by atoms with E-state index in [1.165, 1.54) is 0 Å². The monoisotopic (exact) mass is 235 g/mol. The van der Waals surface area contributed by atoms with E-state index >= 15 is 0 Å². The molecular weight excluding hydrogens is 214 g/mol. The predicted molar refractivity (Wildman–Crippen MR) is 67.9 cm³/mol. The summed E-state index contributed by atoms with van der Waals surface area (Å²) < 4.78 is 0. The van der Waals surface area contributed by atoms with Gasteiger partial charge in [-0.3, -0.25) is 0 Å². The number of phenols is 1. The Morgan fingerprint density at radius 2 is 2.06 bits per heavy atom. The van der Waals surface area contributed by atoms with Gasteiger partial charge in [0.15, 0.2) is 0 Å². The van der Waals surface area contributed by atoms with Crippen LogP contribution in [-0.4, -0.2) is 23.4 Å². The van der Waals surface area contributed by atoms with Crippen molar-refractivity contribution in [2.45, 2.75) is 32.2 Å². The Hall–Kier alpha value is -1.06. The summed E-state index contributed by atoms with van der Waals surface area (Å²) in [5.74, 6) is 0.348. The predicted octanol–water partition coefficient (Wildman–Crippen LogP) is 2.21. The van der Waals surface area contributed by atoms with E-state index in [2.05, 4.69) is 12.2 Å². The lowest BCUT2D eigenvalue weighted by atomic mass is 10.0. The maximum Gasteiger partial charge on any atom is 0.120 e. The third-order valence-corrected chi connectivity index (χ3v) is 3.74. The molecule has 17 heavy (non-hydrogen) atoms. The van der Waals surface area contributed by atoms with Crippen molar-refractivity contribution in [2.75, 3.05) is 13.2 Å². The topological polar surface area (TPSA) is 52.5 Å². The van der Waals surface area contributed by atoms with Crippen LogP contribution in [0.4, 0.5) is 0 Å². The highest BCUT2D eigenvalue weighted by Crippen LogP contribution is 2.44. The Kier molecular flexibility index (Phi) is 3.69. The number of benzene rings is 1. The van der Waals surface area contributed by atoms with E-state index in [1.807, 2.05) is 18.2 Å². The van der Waals surface area contributed by atoms with E-state index in [4.69, 9.17) is 0 Å². The number of para-hydroxylation sites is 1. The number of hydrogen-bond acceptors (Lipinski definition) is 3. The van der Waals surface area contributed by atoms with Crippen LogP contribution >= 0.6 is 0 Å². The summed E-state index contributed by atoms with van der Waals surface area (Å²) in [6.45, 7) is 3.19. The number of phenolic OH excluding ortho intramolecular Hbond substituents is 1. The van der Waals surface area contributed by atoms with Gasteiger partial charge in [-0.05, 0) is 25.3 Å². The van der Waals surface area contributed by atoms with Gasteiger partial charge in [0, 0.05) is 30.2 Å². The van der Waals surface area contributed by atoms with Crippen molar-refractivity contribution in [3.8, 4) is 5.75 Å². The largest absolute Gasteiger partial charge is 0.508 e. The van der Waals surface area contributed by atoms with E-state index in [1.54, 1.807) is 6.07 Å². The van der Waals surface area contributed by atoms with Gasteiger partial charge in [0.1, 0.15) is 5.75 Å². The molecule has 3 nitrogen and oxygen atoms in total. The summed E-state index contributed by atoms with van der Waals surface area (Å²) in [5, 5.41) is 22.6. The van der Waals surface area contributed by atoms with Crippen molar-refractivity contribution in [1.82, 2.24) is 5.32 Å². The summed E-state index contributed by atoms with van der Waals surface area (Å²) in [5.41, 5.74) is 1.06. The van der Waals surface area contributed by atoms with E-state index in [0.717, 1.165) is 31.4 Å². The summed E-state index contributed by atoms with van der Waals surface area (Å²) in [4.78, 5) is 0. The molecule has 0 aromatic heterocycles. The molecule has 3 heteroatoms. The minimum atomic E-state index is 0.109. The quantitative estimate of drug-likeness (QED) is 0.708. The van der Waals surface area contributed by atoms with E-state index in [-0.39, 0.29) is 18.1 Å². The van der Waals surface area contributed by atoms with Gasteiger partial charge in [0.05, 0.1) is 0 Å². The molecular formula is C14H21NO2. The van der Waals surface area contributed by atoms with Crippen LogP contribution in [0.15, 0.2) is 24.3 Å². The van der Waals surface area contributed by atoms with Gasteiger partial charge >= 0.3 is 0 Å². The molecule has 1 atom stereocenters. The van der Waals surface area contributed by atoms with Crippen molar-refractivity contribution in [2.24, 2.45) is 5.41 Å². The summed E-state index contributed by atoms with van der Waals surface area (Å²) >= 11 is 0. The Morgan fingerprint density at radius 1 is 1.35 bits per heavy atom. The lowest BCUT2D eigenvalue weighted by Gasteiger charge is -2.21. The van der Waals surface area contributed by atoms with E-state index in [0.29, 0.717) is 5.75 Å². The number of hydrogen-bond donors (Lipinski definition) is 3. The maximum absolute atomic E-state index is 9.82. The fourth-order valence-corrected chi connectivity index (χ4v) is 2.16. The lowest BCUT2D eigenvalue weighted by Crippen LogP contribution is -2.30. The van der Waals surface area contributed by atoms with Crippen LogP contribution in [0.1, 0.15) is 37.8 Å². The number of aliphatic hydroxyl groups is 1. The van der Waals surface area contributed by atoms with Crippen molar-refractivity contribution in [1.29, 1.82) is 0 Å². The van der Waals surface area contributed by atoms with E-state index < -0.39 is 0 Å². The molecule has 0 saturated heterocycles. The van der Waals surface area contributed by atoms with Gasteiger partial charge < -0.3 is 15.5 Å². The molecule has 3 N–H and O–H groups in total. The third-order valence-electron chi connectivity index (χ3n) is 3.74. The molecule has 94 valence electrons. The highest BCUT2D eigenvalue weighted by molar-refractivity contribution is 5.34. The molecule has 1 fully saturated rings. The molecule has 0 radical (unpaired) electrons. The molecule has 0 amide bonds. The number of aliphatic hydroxyl groups excluding tert-OH is 1. The van der Waals surface area contributed by atoms with Crippen molar-refractivity contribution >= 4 is 0 Å². The molecule has 1 unspecified atom stereocenters. The van der Waals surface area contributed by atoms with Gasteiger partial charge in [-0.15, -0.1) is 0 Å². The smallest absolute Gasteiger partial charge is 0.120 e. The maximum atomic E-state index is 9.82. The molecule has 0 spiro atoms. The molecule has 1 aromatic carbocycles. The van der Waals surface area contributed by atoms with Gasteiger partial charge in [-0.2, -0.15) is 0 Å². The Labute approximate surface area is 102 Å². The molecule has 0 bridgehead atoms. The fourth-order valence-electron chi connectivity index (χ4n) is 2.16. The Bertz CT molecular complexity index is 374. The standard InChI is InChI=1S/C14H21NO2/c1-2-12(11-5-3-4-6-13(11)17)15-9-14(10-16)7-8-14/h3-6,12,15-17H,2,7-10H2,1H3. The summed E-state index contributed by atoms with van der Waals surface area (Å²) in [7, 11) is 0. The van der Waals surface area contributed by atoms with Crippen LogP contribution in [0.5, 0.6) is 5.75 Å². The first kappa shape index (κ1) is 12.4. The first-order valence-corrected chi connectivity index (χ1v) is 6.33. The normalized spacial score (nSPS) is 18.9. The zero-order valence-corrected chi connectivity index (χ0v) is 10.3. The highest BCUT2D eigenvalue weighted by Gasteiger charge is 2.41. The van der Waals surface area contributed by atoms with Gasteiger partial charge in [0.25, 0.3) is 0 Å².